The molecule has 0 aromatic carbocycles. The average molecular weight is 198 g/mol. The lowest BCUT2D eigenvalue weighted by Gasteiger charge is -2.14. The fraction of sp³-hybridized carbons (Fsp3) is 1.00. The van der Waals surface area contributed by atoms with E-state index in [9.17, 15) is 13.2 Å². The van der Waals surface area contributed by atoms with Crippen molar-refractivity contribution >= 4 is 0 Å². The zero-order chi connectivity index (χ0) is 10.5. The molecule has 1 atom stereocenters. The molecule has 0 saturated carbocycles. The Balaban J connectivity index is 3.43. The van der Waals surface area contributed by atoms with Crippen LogP contribution in [0.3, 0.4) is 0 Å². The Labute approximate surface area is 76.9 Å². The van der Waals surface area contributed by atoms with Gasteiger partial charge in [0.15, 0.2) is 0 Å². The highest BCUT2D eigenvalue weighted by Crippen LogP contribution is 2.24. The number of aliphatic hydroxyl groups excluding tert-OH is 1. The van der Waals surface area contributed by atoms with E-state index >= 15 is 0 Å². The molecule has 0 radical (unpaired) electrons. The van der Waals surface area contributed by atoms with Gasteiger partial charge in [0.1, 0.15) is 6.10 Å². The number of aliphatic hydroxyl groups is 1. The van der Waals surface area contributed by atoms with E-state index in [4.69, 9.17) is 5.11 Å². The maximum Gasteiger partial charge on any atom is 0.414 e. The van der Waals surface area contributed by atoms with Gasteiger partial charge in [-0.1, -0.05) is 33.1 Å². The summed E-state index contributed by atoms with van der Waals surface area (Å²) in [5.74, 6) is 0.517. The van der Waals surface area contributed by atoms with E-state index in [1.165, 1.54) is 0 Å². The largest absolute Gasteiger partial charge is 0.414 e. The highest BCUT2D eigenvalue weighted by Gasteiger charge is 2.37. The van der Waals surface area contributed by atoms with Gasteiger partial charge < -0.3 is 5.11 Å². The first-order valence-electron chi connectivity index (χ1n) is 4.59. The van der Waals surface area contributed by atoms with Crippen molar-refractivity contribution in [3.8, 4) is 0 Å². The molecule has 0 saturated heterocycles. The molecule has 1 unspecified atom stereocenters. The van der Waals surface area contributed by atoms with E-state index in [2.05, 4.69) is 0 Å². The second kappa shape index (κ2) is 5.47. The van der Waals surface area contributed by atoms with Crippen molar-refractivity contribution in [3.05, 3.63) is 0 Å². The standard InChI is InChI=1S/C9H17F3O/c1-7(2)5-3-4-6-8(13)9(10,11)12/h7-8,13H,3-6H2,1-2H3. The lowest BCUT2D eigenvalue weighted by molar-refractivity contribution is -0.205. The maximum absolute atomic E-state index is 11.8. The van der Waals surface area contributed by atoms with Crippen molar-refractivity contribution in [2.45, 2.75) is 51.8 Å². The molecule has 0 aromatic rings. The zero-order valence-electron chi connectivity index (χ0n) is 8.06. The van der Waals surface area contributed by atoms with Gasteiger partial charge in [-0.2, -0.15) is 13.2 Å². The first kappa shape index (κ1) is 12.8. The van der Waals surface area contributed by atoms with Crippen molar-refractivity contribution in [2.24, 2.45) is 5.92 Å². The first-order valence-corrected chi connectivity index (χ1v) is 4.59. The Morgan fingerprint density at radius 2 is 1.54 bits per heavy atom. The minimum Gasteiger partial charge on any atom is -0.384 e. The molecule has 1 nitrogen and oxygen atoms in total. The third-order valence-electron chi connectivity index (χ3n) is 1.89. The van der Waals surface area contributed by atoms with Crippen LogP contribution >= 0.6 is 0 Å². The molecule has 4 heteroatoms. The van der Waals surface area contributed by atoms with Gasteiger partial charge in [-0.25, -0.2) is 0 Å². The molecule has 0 rings (SSSR count). The van der Waals surface area contributed by atoms with Crippen molar-refractivity contribution in [1.82, 2.24) is 0 Å². The quantitative estimate of drug-likeness (QED) is 0.673. The molecule has 13 heavy (non-hydrogen) atoms. The molecule has 0 heterocycles. The molecule has 0 aromatic heterocycles. The number of halogens is 3. The number of rotatable bonds is 5. The maximum atomic E-state index is 11.8. The average Bonchev–Trinajstić information content (AvgIpc) is 1.95. The van der Waals surface area contributed by atoms with E-state index in [-0.39, 0.29) is 6.42 Å². The second-order valence-electron chi connectivity index (χ2n) is 3.74. The summed E-state index contributed by atoms with van der Waals surface area (Å²) < 4.78 is 35.4. The molecule has 0 bridgehead atoms. The van der Waals surface area contributed by atoms with Crippen LogP contribution in [-0.4, -0.2) is 17.4 Å². The molecule has 0 spiro atoms. The van der Waals surface area contributed by atoms with Gasteiger partial charge in [0.05, 0.1) is 0 Å². The van der Waals surface area contributed by atoms with E-state index in [0.717, 1.165) is 12.8 Å². The lowest BCUT2D eigenvalue weighted by atomic mass is 10.0. The minimum atomic E-state index is -4.45. The van der Waals surface area contributed by atoms with Gasteiger partial charge in [-0.15, -0.1) is 0 Å². The number of alkyl halides is 3. The molecule has 80 valence electrons. The van der Waals surface area contributed by atoms with Crippen molar-refractivity contribution < 1.29 is 18.3 Å². The van der Waals surface area contributed by atoms with Gasteiger partial charge in [-0.3, -0.25) is 0 Å². The van der Waals surface area contributed by atoms with Crippen LogP contribution in [0.4, 0.5) is 13.2 Å². The molecule has 1 N–H and O–H groups in total. The third kappa shape index (κ3) is 6.87. The highest BCUT2D eigenvalue weighted by molar-refractivity contribution is 4.64. The van der Waals surface area contributed by atoms with Crippen molar-refractivity contribution in [3.63, 3.8) is 0 Å². The van der Waals surface area contributed by atoms with E-state index in [1.807, 2.05) is 13.8 Å². The summed E-state index contributed by atoms with van der Waals surface area (Å²) >= 11 is 0. The van der Waals surface area contributed by atoms with Crippen LogP contribution in [0, 0.1) is 5.92 Å². The van der Waals surface area contributed by atoms with Crippen LogP contribution in [0.25, 0.3) is 0 Å². The SMILES string of the molecule is CC(C)CCCCC(O)C(F)(F)F. The summed E-state index contributed by atoms with van der Waals surface area (Å²) in [5.41, 5.74) is 0. The Morgan fingerprint density at radius 1 is 1.08 bits per heavy atom. The Hall–Kier alpha value is -0.250. The predicted molar refractivity (Wildman–Crippen MR) is 45.4 cm³/mol. The number of hydrogen-bond acceptors (Lipinski definition) is 1. The van der Waals surface area contributed by atoms with Crippen LogP contribution in [0.15, 0.2) is 0 Å². The molecule has 0 aliphatic carbocycles. The number of unbranched alkanes of at least 4 members (excludes halogenated alkanes) is 1. The summed E-state index contributed by atoms with van der Waals surface area (Å²) in [4.78, 5) is 0. The molecule has 0 fully saturated rings. The van der Waals surface area contributed by atoms with E-state index < -0.39 is 12.3 Å². The van der Waals surface area contributed by atoms with Gasteiger partial charge in [-0.05, 0) is 12.3 Å². The van der Waals surface area contributed by atoms with Crippen LogP contribution in [0.5, 0.6) is 0 Å². The van der Waals surface area contributed by atoms with Gasteiger partial charge in [0, 0.05) is 0 Å². The van der Waals surface area contributed by atoms with Crippen LogP contribution in [0.1, 0.15) is 39.5 Å². The second-order valence-corrected chi connectivity index (χ2v) is 3.74. The Kier molecular flexibility index (Phi) is 5.37. The summed E-state index contributed by atoms with van der Waals surface area (Å²) in [6.45, 7) is 4.06. The normalized spacial score (nSPS) is 15.0. The molecule has 0 amide bonds. The fourth-order valence-corrected chi connectivity index (χ4v) is 1.05. The zero-order valence-corrected chi connectivity index (χ0v) is 8.06. The minimum absolute atomic E-state index is 0.170. The fourth-order valence-electron chi connectivity index (χ4n) is 1.05. The highest BCUT2D eigenvalue weighted by atomic mass is 19.4. The smallest absolute Gasteiger partial charge is 0.384 e. The Morgan fingerprint density at radius 3 is 1.92 bits per heavy atom. The molecular formula is C9H17F3O. The molecule has 0 aliphatic rings. The number of hydrogen-bond donors (Lipinski definition) is 1. The van der Waals surface area contributed by atoms with Gasteiger partial charge in [0.25, 0.3) is 0 Å². The van der Waals surface area contributed by atoms with Crippen molar-refractivity contribution in [1.29, 1.82) is 0 Å². The van der Waals surface area contributed by atoms with Crippen LogP contribution in [0.2, 0.25) is 0 Å². The summed E-state index contributed by atoms with van der Waals surface area (Å²) in [6, 6.07) is 0. The van der Waals surface area contributed by atoms with Crippen molar-refractivity contribution in [2.75, 3.05) is 0 Å². The van der Waals surface area contributed by atoms with Crippen LogP contribution < -0.4 is 0 Å². The van der Waals surface area contributed by atoms with E-state index in [0.29, 0.717) is 12.3 Å². The summed E-state index contributed by atoms with van der Waals surface area (Å²) in [7, 11) is 0. The van der Waals surface area contributed by atoms with Gasteiger partial charge >= 0.3 is 6.18 Å². The summed E-state index contributed by atoms with van der Waals surface area (Å²) in [5, 5.41) is 8.63. The van der Waals surface area contributed by atoms with E-state index in [1.54, 1.807) is 0 Å². The topological polar surface area (TPSA) is 20.2 Å². The summed E-state index contributed by atoms with van der Waals surface area (Å²) in [6.07, 6.45) is -4.64. The Bertz CT molecular complexity index is 131. The third-order valence-corrected chi connectivity index (χ3v) is 1.89. The lowest BCUT2D eigenvalue weighted by Crippen LogP contribution is -2.28. The van der Waals surface area contributed by atoms with Gasteiger partial charge in [0.2, 0.25) is 0 Å². The van der Waals surface area contributed by atoms with Crippen LogP contribution in [-0.2, 0) is 0 Å². The monoisotopic (exact) mass is 198 g/mol. The first-order chi connectivity index (χ1) is 5.84. The predicted octanol–water partition coefficient (Wildman–Crippen LogP) is 3.13. The molecular weight excluding hydrogens is 181 g/mol. The molecule has 0 aliphatic heterocycles.